The Bertz CT molecular complexity index is 663. The molecule has 20 heavy (non-hydrogen) atoms. The van der Waals surface area contributed by atoms with Gasteiger partial charge >= 0.3 is 0 Å². The van der Waals surface area contributed by atoms with Crippen LogP contribution in [0.2, 0.25) is 0 Å². The highest BCUT2D eigenvalue weighted by Gasteiger charge is 2.12. The lowest BCUT2D eigenvalue weighted by atomic mass is 10.1. The summed E-state index contributed by atoms with van der Waals surface area (Å²) < 4.78 is 1.46. The normalized spacial score (nSPS) is 10.1. The summed E-state index contributed by atoms with van der Waals surface area (Å²) in [5.74, 6) is -0.505. The van der Waals surface area contributed by atoms with Crippen LogP contribution in [0.4, 0.5) is 5.69 Å². The number of aromatic nitrogens is 2. The number of carbonyl (C=O) groups excluding carboxylic acids is 2. The lowest BCUT2D eigenvalue weighted by Crippen LogP contribution is -2.19. The summed E-state index contributed by atoms with van der Waals surface area (Å²) >= 11 is 0. The molecule has 7 nitrogen and oxygen atoms in total. The number of hydrogen-bond acceptors (Lipinski definition) is 4. The quantitative estimate of drug-likeness (QED) is 0.694. The van der Waals surface area contributed by atoms with E-state index in [1.807, 2.05) is 0 Å². The van der Waals surface area contributed by atoms with Gasteiger partial charge in [0.2, 0.25) is 0 Å². The molecule has 0 aliphatic heterocycles. The molecule has 0 unspecified atom stereocenters. The third-order valence-electron chi connectivity index (χ3n) is 2.82. The van der Waals surface area contributed by atoms with Crippen molar-refractivity contribution in [2.45, 2.75) is 0 Å². The molecule has 0 aliphatic carbocycles. The maximum atomic E-state index is 11.6. The van der Waals surface area contributed by atoms with Gasteiger partial charge in [0.05, 0.1) is 11.4 Å². The Hall–Kier alpha value is -2.83. The molecular formula is C13H15N5O2. The molecule has 0 saturated heterocycles. The average Bonchev–Trinajstić information content (AvgIpc) is 2.95. The summed E-state index contributed by atoms with van der Waals surface area (Å²) in [4.78, 5) is 23.1. The van der Waals surface area contributed by atoms with Crippen LogP contribution in [0.25, 0.3) is 5.69 Å². The van der Waals surface area contributed by atoms with Crippen molar-refractivity contribution in [3.63, 3.8) is 0 Å². The third-order valence-corrected chi connectivity index (χ3v) is 2.82. The first-order valence-corrected chi connectivity index (χ1v) is 5.96. The van der Waals surface area contributed by atoms with Crippen molar-refractivity contribution in [3.05, 3.63) is 41.7 Å². The minimum Gasteiger partial charge on any atom is -0.397 e. The monoisotopic (exact) mass is 273 g/mol. The van der Waals surface area contributed by atoms with Crippen molar-refractivity contribution in [1.29, 1.82) is 0 Å². The van der Waals surface area contributed by atoms with Crippen LogP contribution in [0.15, 0.2) is 30.5 Å². The maximum absolute atomic E-state index is 11.6. The van der Waals surface area contributed by atoms with E-state index in [-0.39, 0.29) is 17.5 Å². The number of hydrogen-bond donors (Lipinski definition) is 3. The first kappa shape index (κ1) is 13.6. The Kier molecular flexibility index (Phi) is 3.69. The summed E-state index contributed by atoms with van der Waals surface area (Å²) in [5, 5.41) is 9.16. The fourth-order valence-corrected chi connectivity index (χ4v) is 1.73. The predicted molar refractivity (Wildman–Crippen MR) is 74.8 cm³/mol. The lowest BCUT2D eigenvalue weighted by Gasteiger charge is -2.08. The van der Waals surface area contributed by atoms with Gasteiger partial charge in [-0.25, -0.2) is 4.68 Å². The smallest absolute Gasteiger partial charge is 0.271 e. The molecule has 104 valence electrons. The fraction of sp³-hybridized carbons (Fsp3) is 0.154. The van der Waals surface area contributed by atoms with Gasteiger partial charge in [0.25, 0.3) is 11.8 Å². The van der Waals surface area contributed by atoms with Crippen molar-refractivity contribution in [2.24, 2.45) is 0 Å². The third kappa shape index (κ3) is 2.46. The fourth-order valence-electron chi connectivity index (χ4n) is 1.73. The Labute approximate surface area is 115 Å². The highest BCUT2D eigenvalue weighted by atomic mass is 16.2. The SMILES string of the molecule is CNC(=O)c1ccc(N)c(-n2ccc(C(=O)NC)n2)c1. The van der Waals surface area contributed by atoms with Gasteiger partial charge in [-0.05, 0) is 24.3 Å². The standard InChI is InChI=1S/C13H15N5O2/c1-15-12(19)8-3-4-9(14)11(7-8)18-6-5-10(17-18)13(20)16-2/h3-7H,14H2,1-2H3,(H,15,19)(H,16,20). The molecule has 0 bridgehead atoms. The highest BCUT2D eigenvalue weighted by molar-refractivity contribution is 5.95. The number of rotatable bonds is 3. The maximum Gasteiger partial charge on any atom is 0.271 e. The summed E-state index contributed by atoms with van der Waals surface area (Å²) in [5.41, 5.74) is 7.63. The lowest BCUT2D eigenvalue weighted by molar-refractivity contribution is 0.0951. The minimum atomic E-state index is -0.287. The van der Waals surface area contributed by atoms with Crippen LogP contribution in [0.1, 0.15) is 20.8 Å². The molecule has 7 heteroatoms. The minimum absolute atomic E-state index is 0.218. The Balaban J connectivity index is 2.44. The molecule has 0 saturated carbocycles. The van der Waals surface area contributed by atoms with Crippen molar-refractivity contribution in [2.75, 3.05) is 19.8 Å². The number of nitrogen functional groups attached to an aromatic ring is 1. The molecule has 1 aromatic carbocycles. The second kappa shape index (κ2) is 5.43. The van der Waals surface area contributed by atoms with Crippen molar-refractivity contribution in [1.82, 2.24) is 20.4 Å². The van der Waals surface area contributed by atoms with E-state index >= 15 is 0 Å². The van der Waals surface area contributed by atoms with Gasteiger partial charge in [0.1, 0.15) is 0 Å². The molecule has 0 radical (unpaired) electrons. The highest BCUT2D eigenvalue weighted by Crippen LogP contribution is 2.18. The number of anilines is 1. The van der Waals surface area contributed by atoms with E-state index in [2.05, 4.69) is 15.7 Å². The van der Waals surface area contributed by atoms with Crippen LogP contribution >= 0.6 is 0 Å². The zero-order valence-corrected chi connectivity index (χ0v) is 11.2. The van der Waals surface area contributed by atoms with Crippen LogP contribution in [0.3, 0.4) is 0 Å². The first-order chi connectivity index (χ1) is 9.56. The predicted octanol–water partition coefficient (Wildman–Crippen LogP) is 0.174. The van der Waals surface area contributed by atoms with E-state index in [1.54, 1.807) is 37.5 Å². The number of nitrogens with one attached hydrogen (secondary N) is 2. The number of nitrogens with two attached hydrogens (primary N) is 1. The molecule has 4 N–H and O–H groups in total. The number of nitrogens with zero attached hydrogens (tertiary/aromatic N) is 2. The van der Waals surface area contributed by atoms with E-state index in [4.69, 9.17) is 5.73 Å². The van der Waals surface area contributed by atoms with Crippen LogP contribution in [-0.4, -0.2) is 35.7 Å². The Morgan fingerprint density at radius 3 is 2.50 bits per heavy atom. The van der Waals surface area contributed by atoms with Gasteiger partial charge in [0, 0.05) is 25.9 Å². The van der Waals surface area contributed by atoms with Crippen LogP contribution < -0.4 is 16.4 Å². The Morgan fingerprint density at radius 1 is 1.15 bits per heavy atom. The molecule has 0 aliphatic rings. The first-order valence-electron chi connectivity index (χ1n) is 5.96. The molecule has 1 heterocycles. The van der Waals surface area contributed by atoms with Crippen LogP contribution in [-0.2, 0) is 0 Å². The average molecular weight is 273 g/mol. The van der Waals surface area contributed by atoms with Crippen molar-refractivity contribution < 1.29 is 9.59 Å². The van der Waals surface area contributed by atoms with E-state index in [1.165, 1.54) is 11.7 Å². The molecule has 2 rings (SSSR count). The van der Waals surface area contributed by atoms with Gasteiger partial charge in [-0.2, -0.15) is 5.10 Å². The van der Waals surface area contributed by atoms with Gasteiger partial charge in [0.15, 0.2) is 5.69 Å². The second-order valence-electron chi connectivity index (χ2n) is 4.08. The van der Waals surface area contributed by atoms with Crippen LogP contribution in [0, 0.1) is 0 Å². The largest absolute Gasteiger partial charge is 0.397 e. The molecule has 2 amide bonds. The number of carbonyl (C=O) groups is 2. The van der Waals surface area contributed by atoms with Gasteiger partial charge in [-0.3, -0.25) is 9.59 Å². The van der Waals surface area contributed by atoms with E-state index in [0.717, 1.165) is 0 Å². The summed E-state index contributed by atoms with van der Waals surface area (Å²) in [7, 11) is 3.08. The van der Waals surface area contributed by atoms with E-state index < -0.39 is 0 Å². The molecule has 0 spiro atoms. The summed E-state index contributed by atoms with van der Waals surface area (Å²) in [6.45, 7) is 0. The number of amides is 2. The Morgan fingerprint density at radius 2 is 1.85 bits per heavy atom. The van der Waals surface area contributed by atoms with Crippen molar-refractivity contribution >= 4 is 17.5 Å². The molecule has 2 aromatic rings. The zero-order valence-electron chi connectivity index (χ0n) is 11.2. The molecular weight excluding hydrogens is 258 g/mol. The second-order valence-corrected chi connectivity index (χ2v) is 4.08. The van der Waals surface area contributed by atoms with Gasteiger partial charge in [-0.1, -0.05) is 0 Å². The molecule has 0 fully saturated rings. The summed E-state index contributed by atoms with van der Waals surface area (Å²) in [6, 6.07) is 6.45. The van der Waals surface area contributed by atoms with E-state index in [0.29, 0.717) is 16.9 Å². The van der Waals surface area contributed by atoms with E-state index in [9.17, 15) is 9.59 Å². The molecule has 0 atom stereocenters. The topological polar surface area (TPSA) is 102 Å². The van der Waals surface area contributed by atoms with Crippen molar-refractivity contribution in [3.8, 4) is 5.69 Å². The zero-order chi connectivity index (χ0) is 14.7. The summed E-state index contributed by atoms with van der Waals surface area (Å²) in [6.07, 6.45) is 1.61. The molecule has 1 aromatic heterocycles. The van der Waals surface area contributed by atoms with Crippen LogP contribution in [0.5, 0.6) is 0 Å². The van der Waals surface area contributed by atoms with Gasteiger partial charge < -0.3 is 16.4 Å². The van der Waals surface area contributed by atoms with Gasteiger partial charge in [-0.15, -0.1) is 0 Å². The number of benzene rings is 1.